The summed E-state index contributed by atoms with van der Waals surface area (Å²) >= 11 is 0. The van der Waals surface area contributed by atoms with Crippen LogP contribution in [0.1, 0.15) is 33.1 Å². The molecular formula is C9H14O. The number of rotatable bonds is 3. The summed E-state index contributed by atoms with van der Waals surface area (Å²) in [7, 11) is 0. The summed E-state index contributed by atoms with van der Waals surface area (Å²) in [6.07, 6.45) is 7.34. The molecule has 0 aromatic rings. The van der Waals surface area contributed by atoms with Crippen LogP contribution >= 0.6 is 0 Å². The molecule has 1 rings (SSSR count). The molecule has 10 heavy (non-hydrogen) atoms. The Bertz CT molecular complexity index is 164. The normalized spacial score (nSPS) is 21.4. The Hall–Kier alpha value is -0.590. The maximum Gasteiger partial charge on any atom is 0.139 e. The van der Waals surface area contributed by atoms with E-state index in [1.807, 2.05) is 0 Å². The van der Waals surface area contributed by atoms with Gasteiger partial charge >= 0.3 is 0 Å². The zero-order valence-electron chi connectivity index (χ0n) is 6.68. The van der Waals surface area contributed by atoms with E-state index in [1.54, 1.807) is 6.92 Å². The highest BCUT2D eigenvalue weighted by Crippen LogP contribution is 2.47. The molecule has 0 amide bonds. The van der Waals surface area contributed by atoms with Crippen molar-refractivity contribution in [1.29, 1.82) is 0 Å². The van der Waals surface area contributed by atoms with Gasteiger partial charge < -0.3 is 0 Å². The quantitative estimate of drug-likeness (QED) is 0.547. The third-order valence-corrected chi connectivity index (χ3v) is 2.16. The average Bonchev–Trinajstić information content (AvgIpc) is 2.64. The standard InChI is InChI=1S/C9H14O/c1-3-4-5-9(6-7-9)8(2)10/h4-5H,3,6-7H2,1-2H3. The molecule has 0 aromatic carbocycles. The van der Waals surface area contributed by atoms with Gasteiger partial charge in [0.25, 0.3) is 0 Å². The van der Waals surface area contributed by atoms with E-state index < -0.39 is 0 Å². The van der Waals surface area contributed by atoms with E-state index in [0.29, 0.717) is 5.78 Å². The number of hydrogen-bond acceptors (Lipinski definition) is 1. The van der Waals surface area contributed by atoms with Gasteiger partial charge in [0.05, 0.1) is 0 Å². The van der Waals surface area contributed by atoms with E-state index in [0.717, 1.165) is 19.3 Å². The predicted octanol–water partition coefficient (Wildman–Crippen LogP) is 2.32. The van der Waals surface area contributed by atoms with Crippen molar-refractivity contribution in [2.75, 3.05) is 0 Å². The Morgan fingerprint density at radius 1 is 1.60 bits per heavy atom. The molecule has 1 fully saturated rings. The number of allylic oxidation sites excluding steroid dienone is 2. The lowest BCUT2D eigenvalue weighted by Gasteiger charge is -2.01. The Kier molecular flexibility index (Phi) is 1.93. The zero-order chi connectivity index (χ0) is 7.61. The molecule has 1 nitrogen and oxygen atoms in total. The van der Waals surface area contributed by atoms with E-state index >= 15 is 0 Å². The lowest BCUT2D eigenvalue weighted by Crippen LogP contribution is -2.07. The second-order valence-corrected chi connectivity index (χ2v) is 3.02. The fraction of sp³-hybridized carbons (Fsp3) is 0.667. The van der Waals surface area contributed by atoms with Crippen molar-refractivity contribution < 1.29 is 4.79 Å². The van der Waals surface area contributed by atoms with Gasteiger partial charge in [0.1, 0.15) is 5.78 Å². The largest absolute Gasteiger partial charge is 0.299 e. The first kappa shape index (κ1) is 7.52. The topological polar surface area (TPSA) is 17.1 Å². The minimum absolute atomic E-state index is 0.0178. The maximum atomic E-state index is 11.0. The third kappa shape index (κ3) is 1.28. The van der Waals surface area contributed by atoms with Crippen LogP contribution in [-0.4, -0.2) is 5.78 Å². The van der Waals surface area contributed by atoms with Gasteiger partial charge in [-0.1, -0.05) is 19.1 Å². The van der Waals surface area contributed by atoms with Crippen molar-refractivity contribution in [2.45, 2.75) is 33.1 Å². The van der Waals surface area contributed by atoms with Gasteiger partial charge in [-0.2, -0.15) is 0 Å². The van der Waals surface area contributed by atoms with Crippen molar-refractivity contribution in [1.82, 2.24) is 0 Å². The van der Waals surface area contributed by atoms with Crippen LogP contribution in [0.3, 0.4) is 0 Å². The monoisotopic (exact) mass is 138 g/mol. The van der Waals surface area contributed by atoms with Gasteiger partial charge in [0.2, 0.25) is 0 Å². The molecule has 1 aliphatic rings. The second-order valence-electron chi connectivity index (χ2n) is 3.02. The van der Waals surface area contributed by atoms with Crippen molar-refractivity contribution in [2.24, 2.45) is 5.41 Å². The van der Waals surface area contributed by atoms with Crippen molar-refractivity contribution >= 4 is 5.78 Å². The molecular weight excluding hydrogens is 124 g/mol. The van der Waals surface area contributed by atoms with Crippen LogP contribution in [0.15, 0.2) is 12.2 Å². The summed E-state index contributed by atoms with van der Waals surface area (Å²) < 4.78 is 0. The number of Topliss-reactive ketones (excluding diaryl/α,β-unsaturated/α-hetero) is 1. The second kappa shape index (κ2) is 2.57. The van der Waals surface area contributed by atoms with Crippen LogP contribution in [0, 0.1) is 5.41 Å². The van der Waals surface area contributed by atoms with Gasteiger partial charge in [-0.15, -0.1) is 0 Å². The Balaban J connectivity index is 2.53. The molecule has 0 radical (unpaired) electrons. The van der Waals surface area contributed by atoms with Crippen LogP contribution in [0.5, 0.6) is 0 Å². The summed E-state index contributed by atoms with van der Waals surface area (Å²) in [5.74, 6) is 0.331. The number of hydrogen-bond donors (Lipinski definition) is 0. The molecule has 0 aromatic heterocycles. The maximum absolute atomic E-state index is 11.0. The van der Waals surface area contributed by atoms with Crippen LogP contribution in [-0.2, 0) is 4.79 Å². The Labute approximate surface area is 62.1 Å². The summed E-state index contributed by atoms with van der Waals surface area (Å²) in [5.41, 5.74) is -0.0178. The molecule has 0 heterocycles. The first-order valence-corrected chi connectivity index (χ1v) is 3.90. The van der Waals surface area contributed by atoms with Crippen molar-refractivity contribution in [3.63, 3.8) is 0 Å². The fourth-order valence-electron chi connectivity index (χ4n) is 1.11. The van der Waals surface area contributed by atoms with Crippen LogP contribution < -0.4 is 0 Å². The number of carbonyl (C=O) groups excluding carboxylic acids is 1. The minimum Gasteiger partial charge on any atom is -0.299 e. The molecule has 0 atom stereocenters. The van der Waals surface area contributed by atoms with Gasteiger partial charge in [-0.05, 0) is 26.2 Å². The van der Waals surface area contributed by atoms with E-state index in [4.69, 9.17) is 0 Å². The first-order valence-electron chi connectivity index (χ1n) is 3.90. The molecule has 0 saturated heterocycles. The van der Waals surface area contributed by atoms with E-state index in [2.05, 4.69) is 19.1 Å². The lowest BCUT2D eigenvalue weighted by molar-refractivity contribution is -0.120. The third-order valence-electron chi connectivity index (χ3n) is 2.16. The van der Waals surface area contributed by atoms with Gasteiger partial charge in [0.15, 0.2) is 0 Å². The van der Waals surface area contributed by atoms with Gasteiger partial charge in [0, 0.05) is 5.41 Å². The fourth-order valence-corrected chi connectivity index (χ4v) is 1.11. The highest BCUT2D eigenvalue weighted by atomic mass is 16.1. The first-order chi connectivity index (χ1) is 4.71. The molecule has 1 heteroatoms. The molecule has 0 aliphatic heterocycles. The summed E-state index contributed by atoms with van der Waals surface area (Å²) in [6.45, 7) is 3.78. The SMILES string of the molecule is CCC=CC1(C(C)=O)CC1. The van der Waals surface area contributed by atoms with E-state index in [1.165, 1.54) is 0 Å². The zero-order valence-corrected chi connectivity index (χ0v) is 6.68. The molecule has 0 unspecified atom stereocenters. The molecule has 1 saturated carbocycles. The van der Waals surface area contributed by atoms with Gasteiger partial charge in [-0.25, -0.2) is 0 Å². The molecule has 1 aliphatic carbocycles. The number of ketones is 1. The highest BCUT2D eigenvalue weighted by molar-refractivity contribution is 5.87. The summed E-state index contributed by atoms with van der Waals surface area (Å²) in [4.78, 5) is 11.0. The van der Waals surface area contributed by atoms with Crippen molar-refractivity contribution in [3.05, 3.63) is 12.2 Å². The summed E-state index contributed by atoms with van der Waals surface area (Å²) in [6, 6.07) is 0. The Morgan fingerprint density at radius 3 is 2.50 bits per heavy atom. The Morgan fingerprint density at radius 2 is 2.20 bits per heavy atom. The van der Waals surface area contributed by atoms with Gasteiger partial charge in [-0.3, -0.25) is 4.79 Å². The molecule has 56 valence electrons. The average molecular weight is 138 g/mol. The lowest BCUT2D eigenvalue weighted by atomic mass is 10.0. The molecule has 0 spiro atoms. The highest BCUT2D eigenvalue weighted by Gasteiger charge is 2.44. The van der Waals surface area contributed by atoms with E-state index in [-0.39, 0.29) is 5.41 Å². The number of carbonyl (C=O) groups is 1. The molecule has 0 bridgehead atoms. The minimum atomic E-state index is -0.0178. The summed E-state index contributed by atoms with van der Waals surface area (Å²) in [5, 5.41) is 0. The smallest absolute Gasteiger partial charge is 0.139 e. The molecule has 0 N–H and O–H groups in total. The van der Waals surface area contributed by atoms with Crippen LogP contribution in [0.2, 0.25) is 0 Å². The predicted molar refractivity (Wildman–Crippen MR) is 41.8 cm³/mol. The van der Waals surface area contributed by atoms with Crippen molar-refractivity contribution in [3.8, 4) is 0 Å². The van der Waals surface area contributed by atoms with Crippen LogP contribution in [0.4, 0.5) is 0 Å². The van der Waals surface area contributed by atoms with E-state index in [9.17, 15) is 4.79 Å². The van der Waals surface area contributed by atoms with Crippen LogP contribution in [0.25, 0.3) is 0 Å².